The van der Waals surface area contributed by atoms with Gasteiger partial charge in [0.05, 0.1) is 0 Å². The Bertz CT molecular complexity index is 738. The molecule has 3 rings (SSSR count). The molecule has 0 spiro atoms. The zero-order valence-electron chi connectivity index (χ0n) is 15.0. The lowest BCUT2D eigenvalue weighted by Gasteiger charge is -2.22. The molecule has 5 heteroatoms. The number of benzene rings is 1. The van der Waals surface area contributed by atoms with Gasteiger partial charge in [-0.1, -0.05) is 49.1 Å². The quantitative estimate of drug-likeness (QED) is 0.871. The van der Waals surface area contributed by atoms with Crippen LogP contribution < -0.4 is 10.6 Å². The Morgan fingerprint density at radius 2 is 1.92 bits per heavy atom. The van der Waals surface area contributed by atoms with Gasteiger partial charge in [-0.2, -0.15) is 0 Å². The summed E-state index contributed by atoms with van der Waals surface area (Å²) in [7, 11) is 0. The minimum absolute atomic E-state index is 0.101. The third-order valence-electron chi connectivity index (χ3n) is 4.57. The third kappa shape index (κ3) is 5.02. The molecule has 2 aromatic rings. The van der Waals surface area contributed by atoms with Gasteiger partial charge in [0, 0.05) is 18.7 Å². The lowest BCUT2D eigenvalue weighted by Crippen LogP contribution is -2.36. The number of carbonyl (C=O) groups excluding carboxylic acids is 1. The van der Waals surface area contributed by atoms with E-state index < -0.39 is 0 Å². The van der Waals surface area contributed by atoms with E-state index in [0.29, 0.717) is 23.9 Å². The Balaban J connectivity index is 1.66. The first-order valence-corrected chi connectivity index (χ1v) is 9.06. The number of aromatic nitrogens is 2. The van der Waals surface area contributed by atoms with Crippen molar-refractivity contribution in [2.24, 2.45) is 0 Å². The fraction of sp³-hybridized carbons (Fsp3) is 0.450. The Kier molecular flexibility index (Phi) is 5.64. The Morgan fingerprint density at radius 3 is 2.68 bits per heavy atom. The van der Waals surface area contributed by atoms with E-state index in [4.69, 9.17) is 0 Å². The SMILES string of the molecule is Cc1cccc(CNc2cc(C(=O)NC3CCCCC3)nc(C)n2)c1. The average Bonchev–Trinajstić information content (AvgIpc) is 2.60. The van der Waals surface area contributed by atoms with Crippen LogP contribution in [0.2, 0.25) is 0 Å². The molecule has 1 amide bonds. The number of hydrogen-bond acceptors (Lipinski definition) is 4. The van der Waals surface area contributed by atoms with E-state index in [1.807, 2.05) is 13.0 Å². The summed E-state index contributed by atoms with van der Waals surface area (Å²) in [6.45, 7) is 4.56. The molecule has 0 aliphatic heterocycles. The summed E-state index contributed by atoms with van der Waals surface area (Å²) in [6, 6.07) is 10.3. The summed E-state index contributed by atoms with van der Waals surface area (Å²) in [6.07, 6.45) is 5.78. The maximum Gasteiger partial charge on any atom is 0.270 e. The van der Waals surface area contributed by atoms with Gasteiger partial charge >= 0.3 is 0 Å². The Labute approximate surface area is 149 Å². The molecule has 1 aromatic carbocycles. The highest BCUT2D eigenvalue weighted by Crippen LogP contribution is 2.18. The fourth-order valence-corrected chi connectivity index (χ4v) is 3.30. The van der Waals surface area contributed by atoms with Crippen LogP contribution in [0.15, 0.2) is 30.3 Å². The van der Waals surface area contributed by atoms with Crippen molar-refractivity contribution in [3.8, 4) is 0 Å². The Hall–Kier alpha value is -2.43. The first-order chi connectivity index (χ1) is 12.1. The van der Waals surface area contributed by atoms with Crippen molar-refractivity contribution in [2.75, 3.05) is 5.32 Å². The van der Waals surface area contributed by atoms with Crippen molar-refractivity contribution in [3.05, 3.63) is 53.0 Å². The van der Waals surface area contributed by atoms with E-state index in [2.05, 4.69) is 45.7 Å². The number of hydrogen-bond donors (Lipinski definition) is 2. The molecule has 1 aromatic heterocycles. The van der Waals surface area contributed by atoms with Gasteiger partial charge in [-0.3, -0.25) is 4.79 Å². The number of rotatable bonds is 5. The van der Waals surface area contributed by atoms with Crippen LogP contribution in [-0.2, 0) is 6.54 Å². The first-order valence-electron chi connectivity index (χ1n) is 9.06. The number of carbonyl (C=O) groups is 1. The van der Waals surface area contributed by atoms with Gasteiger partial charge in [-0.15, -0.1) is 0 Å². The van der Waals surface area contributed by atoms with Crippen LogP contribution in [0.5, 0.6) is 0 Å². The van der Waals surface area contributed by atoms with Crippen molar-refractivity contribution in [2.45, 2.75) is 58.5 Å². The van der Waals surface area contributed by atoms with E-state index >= 15 is 0 Å². The van der Waals surface area contributed by atoms with Crippen LogP contribution >= 0.6 is 0 Å². The second kappa shape index (κ2) is 8.10. The van der Waals surface area contributed by atoms with E-state index in [1.165, 1.54) is 30.4 Å². The minimum Gasteiger partial charge on any atom is -0.366 e. The highest BCUT2D eigenvalue weighted by atomic mass is 16.1. The predicted molar refractivity (Wildman–Crippen MR) is 99.6 cm³/mol. The van der Waals surface area contributed by atoms with Gasteiger partial charge in [0.25, 0.3) is 5.91 Å². The monoisotopic (exact) mass is 338 g/mol. The highest BCUT2D eigenvalue weighted by Gasteiger charge is 2.18. The third-order valence-corrected chi connectivity index (χ3v) is 4.57. The molecule has 1 heterocycles. The van der Waals surface area contributed by atoms with Crippen molar-refractivity contribution in [3.63, 3.8) is 0 Å². The van der Waals surface area contributed by atoms with Crippen molar-refractivity contribution in [1.82, 2.24) is 15.3 Å². The van der Waals surface area contributed by atoms with Gasteiger partial charge in [-0.25, -0.2) is 9.97 Å². The maximum absolute atomic E-state index is 12.5. The zero-order chi connectivity index (χ0) is 17.6. The molecule has 0 bridgehead atoms. The normalized spacial score (nSPS) is 15.0. The largest absolute Gasteiger partial charge is 0.366 e. The lowest BCUT2D eigenvalue weighted by molar-refractivity contribution is 0.0922. The summed E-state index contributed by atoms with van der Waals surface area (Å²) in [5.41, 5.74) is 2.85. The molecule has 132 valence electrons. The zero-order valence-corrected chi connectivity index (χ0v) is 15.0. The second-order valence-electron chi connectivity index (χ2n) is 6.84. The molecule has 0 atom stereocenters. The van der Waals surface area contributed by atoms with E-state index in [1.54, 1.807) is 6.07 Å². The predicted octanol–water partition coefficient (Wildman–Crippen LogP) is 3.77. The molecular formula is C20H26N4O. The van der Waals surface area contributed by atoms with E-state index in [9.17, 15) is 4.79 Å². The van der Waals surface area contributed by atoms with E-state index in [0.717, 1.165) is 12.8 Å². The minimum atomic E-state index is -0.101. The molecule has 25 heavy (non-hydrogen) atoms. The summed E-state index contributed by atoms with van der Waals surface area (Å²) >= 11 is 0. The smallest absolute Gasteiger partial charge is 0.270 e. The number of amides is 1. The van der Waals surface area contributed by atoms with Crippen LogP contribution in [0.1, 0.15) is 59.5 Å². The number of aryl methyl sites for hydroxylation is 2. The fourth-order valence-electron chi connectivity index (χ4n) is 3.30. The van der Waals surface area contributed by atoms with Gasteiger partial charge in [-0.05, 0) is 32.3 Å². The molecule has 1 aliphatic rings. The summed E-state index contributed by atoms with van der Waals surface area (Å²) < 4.78 is 0. The van der Waals surface area contributed by atoms with Gasteiger partial charge < -0.3 is 10.6 Å². The number of anilines is 1. The molecule has 2 N–H and O–H groups in total. The topological polar surface area (TPSA) is 66.9 Å². The number of nitrogens with zero attached hydrogens (tertiary/aromatic N) is 2. The van der Waals surface area contributed by atoms with Crippen LogP contribution in [0.4, 0.5) is 5.82 Å². The van der Waals surface area contributed by atoms with Crippen LogP contribution in [0.3, 0.4) is 0 Å². The second-order valence-corrected chi connectivity index (χ2v) is 6.84. The lowest BCUT2D eigenvalue weighted by atomic mass is 9.95. The van der Waals surface area contributed by atoms with Crippen molar-refractivity contribution >= 4 is 11.7 Å². The summed E-state index contributed by atoms with van der Waals surface area (Å²) in [5.74, 6) is 1.18. The molecule has 0 radical (unpaired) electrons. The molecule has 0 saturated heterocycles. The molecule has 1 fully saturated rings. The molecule has 1 aliphatic carbocycles. The van der Waals surface area contributed by atoms with Crippen molar-refractivity contribution in [1.29, 1.82) is 0 Å². The van der Waals surface area contributed by atoms with E-state index in [-0.39, 0.29) is 11.9 Å². The average molecular weight is 338 g/mol. The van der Waals surface area contributed by atoms with Crippen LogP contribution in [0.25, 0.3) is 0 Å². The highest BCUT2D eigenvalue weighted by molar-refractivity contribution is 5.93. The molecule has 5 nitrogen and oxygen atoms in total. The Morgan fingerprint density at radius 1 is 1.12 bits per heavy atom. The summed E-state index contributed by atoms with van der Waals surface area (Å²) in [4.78, 5) is 21.2. The van der Waals surface area contributed by atoms with Gasteiger partial charge in [0.1, 0.15) is 17.3 Å². The molecule has 1 saturated carbocycles. The summed E-state index contributed by atoms with van der Waals surface area (Å²) in [5, 5.41) is 6.41. The van der Waals surface area contributed by atoms with Crippen LogP contribution in [-0.4, -0.2) is 21.9 Å². The van der Waals surface area contributed by atoms with Gasteiger partial charge in [0.15, 0.2) is 0 Å². The number of nitrogens with one attached hydrogen (secondary N) is 2. The standard InChI is InChI=1S/C20H26N4O/c1-14-7-6-8-16(11-14)13-21-19-12-18(22-15(2)23-19)20(25)24-17-9-4-3-5-10-17/h6-8,11-12,17H,3-5,9-10,13H2,1-2H3,(H,24,25)(H,21,22,23). The van der Waals surface area contributed by atoms with Crippen molar-refractivity contribution < 1.29 is 4.79 Å². The first kappa shape index (κ1) is 17.4. The molecular weight excluding hydrogens is 312 g/mol. The van der Waals surface area contributed by atoms with Crippen LogP contribution in [0, 0.1) is 13.8 Å². The maximum atomic E-state index is 12.5. The molecule has 0 unspecified atom stereocenters. The van der Waals surface area contributed by atoms with Gasteiger partial charge in [0.2, 0.25) is 0 Å².